The molecule has 0 amide bonds. The number of fused-ring (bicyclic) bond motifs is 1. The molecule has 2 heteroatoms. The Morgan fingerprint density at radius 3 is 1.85 bits per heavy atom. The summed E-state index contributed by atoms with van der Waals surface area (Å²) in [5.74, 6) is 0.716. The summed E-state index contributed by atoms with van der Waals surface area (Å²) in [6, 6.07) is 0. The molecule has 0 radical (unpaired) electrons. The minimum atomic E-state index is -0.00405. The second-order valence-corrected chi connectivity index (χ2v) is 4.98. The van der Waals surface area contributed by atoms with E-state index in [9.17, 15) is 9.59 Å². The van der Waals surface area contributed by atoms with Gasteiger partial charge in [0.25, 0.3) is 0 Å². The van der Waals surface area contributed by atoms with Crippen molar-refractivity contribution in [1.82, 2.24) is 0 Å². The number of rotatable bonds is 1. The van der Waals surface area contributed by atoms with Crippen LogP contribution in [0.25, 0.3) is 0 Å². The molecule has 0 bridgehead atoms. The molecule has 0 aromatic rings. The van der Waals surface area contributed by atoms with E-state index in [-0.39, 0.29) is 10.8 Å². The van der Waals surface area contributed by atoms with Crippen LogP contribution in [0.3, 0.4) is 0 Å². The Morgan fingerprint density at radius 1 is 1.08 bits per heavy atom. The van der Waals surface area contributed by atoms with Gasteiger partial charge in [0.15, 0.2) is 0 Å². The lowest BCUT2D eigenvalue weighted by atomic mass is 9.68. The van der Waals surface area contributed by atoms with Gasteiger partial charge in [-0.25, -0.2) is 0 Å². The fraction of sp³-hybridized carbons (Fsp3) is 0.818. The Labute approximate surface area is 78.7 Å². The third kappa shape index (κ3) is 1.01. The highest BCUT2D eigenvalue weighted by Gasteiger charge is 2.59. The van der Waals surface area contributed by atoms with Crippen molar-refractivity contribution in [2.45, 2.75) is 46.0 Å². The molecule has 2 rings (SSSR count). The topological polar surface area (TPSA) is 34.1 Å². The molecule has 0 aliphatic heterocycles. The van der Waals surface area contributed by atoms with Crippen molar-refractivity contribution in [2.75, 3.05) is 0 Å². The Bertz CT molecular complexity index is 258. The van der Waals surface area contributed by atoms with Crippen LogP contribution in [0, 0.1) is 10.8 Å². The average molecular weight is 180 g/mol. The summed E-state index contributed by atoms with van der Waals surface area (Å²) < 4.78 is 0. The largest absolute Gasteiger partial charge is 0.300 e. The first-order chi connectivity index (χ1) is 6.01. The molecule has 72 valence electrons. The van der Waals surface area contributed by atoms with Crippen LogP contribution in [0.5, 0.6) is 0 Å². The number of hydrogen-bond donors (Lipinski definition) is 0. The Balaban J connectivity index is 2.39. The molecule has 0 aromatic carbocycles. The predicted molar refractivity (Wildman–Crippen MR) is 49.3 cm³/mol. The van der Waals surface area contributed by atoms with Gasteiger partial charge in [-0.05, 0) is 17.3 Å². The van der Waals surface area contributed by atoms with E-state index in [2.05, 4.69) is 13.8 Å². The zero-order chi connectivity index (χ0) is 9.69. The fourth-order valence-corrected chi connectivity index (χ4v) is 3.35. The van der Waals surface area contributed by atoms with Gasteiger partial charge in [0.1, 0.15) is 11.6 Å². The summed E-state index contributed by atoms with van der Waals surface area (Å²) in [5.41, 5.74) is 0.0249. The van der Waals surface area contributed by atoms with Crippen LogP contribution in [0.4, 0.5) is 0 Å². The van der Waals surface area contributed by atoms with E-state index in [1.165, 1.54) is 0 Å². The quantitative estimate of drug-likeness (QED) is 0.619. The molecule has 2 aliphatic carbocycles. The third-order valence-corrected chi connectivity index (χ3v) is 4.20. The molecule has 0 unspecified atom stereocenters. The van der Waals surface area contributed by atoms with E-state index < -0.39 is 0 Å². The van der Waals surface area contributed by atoms with Crippen molar-refractivity contribution in [3.05, 3.63) is 0 Å². The number of Topliss-reactive ketones (excluding diaryl/α,β-unsaturated/α-hetero) is 2. The van der Waals surface area contributed by atoms with E-state index in [1.807, 2.05) is 0 Å². The number of ketones is 2. The van der Waals surface area contributed by atoms with E-state index in [1.54, 1.807) is 0 Å². The SMILES string of the molecule is CC[C@]12CC(=O)C[C@@]1(C)CC(=O)C2. The molecule has 0 aromatic heterocycles. The summed E-state index contributed by atoms with van der Waals surface area (Å²) in [5, 5.41) is 0. The molecule has 13 heavy (non-hydrogen) atoms. The predicted octanol–water partition coefficient (Wildman–Crippen LogP) is 2.11. The summed E-state index contributed by atoms with van der Waals surface area (Å²) in [6.07, 6.45) is 3.53. The lowest BCUT2D eigenvalue weighted by Gasteiger charge is -2.35. The van der Waals surface area contributed by atoms with Gasteiger partial charge in [-0.1, -0.05) is 13.8 Å². The van der Waals surface area contributed by atoms with E-state index in [0.29, 0.717) is 37.2 Å². The van der Waals surface area contributed by atoms with Gasteiger partial charge < -0.3 is 0 Å². The van der Waals surface area contributed by atoms with Gasteiger partial charge in [-0.2, -0.15) is 0 Å². The second-order valence-electron chi connectivity index (χ2n) is 4.98. The molecular formula is C11H16O2. The molecule has 0 spiro atoms. The van der Waals surface area contributed by atoms with Crippen molar-refractivity contribution < 1.29 is 9.59 Å². The number of carbonyl (C=O) groups is 2. The van der Waals surface area contributed by atoms with E-state index in [0.717, 1.165) is 6.42 Å². The maximum absolute atomic E-state index is 11.4. The van der Waals surface area contributed by atoms with Gasteiger partial charge in [0.2, 0.25) is 0 Å². The monoisotopic (exact) mass is 180 g/mol. The van der Waals surface area contributed by atoms with E-state index in [4.69, 9.17) is 0 Å². The van der Waals surface area contributed by atoms with Crippen molar-refractivity contribution in [3.63, 3.8) is 0 Å². The molecule has 0 saturated heterocycles. The van der Waals surface area contributed by atoms with Crippen molar-refractivity contribution in [1.29, 1.82) is 0 Å². The first-order valence-electron chi connectivity index (χ1n) is 5.05. The zero-order valence-electron chi connectivity index (χ0n) is 8.35. The van der Waals surface area contributed by atoms with Gasteiger partial charge in [-0.3, -0.25) is 9.59 Å². The number of carbonyl (C=O) groups excluding carboxylic acids is 2. The van der Waals surface area contributed by atoms with Crippen LogP contribution in [-0.4, -0.2) is 11.6 Å². The highest BCUT2D eigenvalue weighted by molar-refractivity contribution is 5.91. The zero-order valence-corrected chi connectivity index (χ0v) is 8.35. The molecule has 2 nitrogen and oxygen atoms in total. The lowest BCUT2D eigenvalue weighted by Crippen LogP contribution is -2.28. The molecule has 0 N–H and O–H groups in total. The standard InChI is InChI=1S/C11H16O2/c1-3-11-6-8(12)4-10(11,2)5-9(13)7-11/h3-7H2,1-2H3/t10-,11+. The van der Waals surface area contributed by atoms with Crippen LogP contribution in [0.2, 0.25) is 0 Å². The molecule has 0 atom stereocenters. The summed E-state index contributed by atoms with van der Waals surface area (Å²) in [7, 11) is 0. The maximum atomic E-state index is 11.4. The summed E-state index contributed by atoms with van der Waals surface area (Å²) >= 11 is 0. The number of hydrogen-bond acceptors (Lipinski definition) is 2. The van der Waals surface area contributed by atoms with Gasteiger partial charge in [0, 0.05) is 25.7 Å². The molecule has 2 fully saturated rings. The van der Waals surface area contributed by atoms with Gasteiger partial charge in [-0.15, -0.1) is 0 Å². The maximum Gasteiger partial charge on any atom is 0.134 e. The van der Waals surface area contributed by atoms with Crippen LogP contribution in [-0.2, 0) is 9.59 Å². The van der Waals surface area contributed by atoms with Gasteiger partial charge >= 0.3 is 0 Å². The van der Waals surface area contributed by atoms with Crippen molar-refractivity contribution in [3.8, 4) is 0 Å². The van der Waals surface area contributed by atoms with E-state index >= 15 is 0 Å². The normalized spacial score (nSPS) is 44.2. The van der Waals surface area contributed by atoms with Gasteiger partial charge in [0.05, 0.1) is 0 Å². The summed E-state index contributed by atoms with van der Waals surface area (Å²) in [6.45, 7) is 4.22. The molecular weight excluding hydrogens is 164 g/mol. The van der Waals surface area contributed by atoms with Crippen LogP contribution < -0.4 is 0 Å². The fourth-order valence-electron chi connectivity index (χ4n) is 3.35. The average Bonchev–Trinajstić information content (AvgIpc) is 2.34. The molecule has 2 aliphatic rings. The summed E-state index contributed by atoms with van der Waals surface area (Å²) in [4.78, 5) is 22.8. The first-order valence-corrected chi connectivity index (χ1v) is 5.05. The smallest absolute Gasteiger partial charge is 0.134 e. The van der Waals surface area contributed by atoms with Crippen molar-refractivity contribution in [2.24, 2.45) is 10.8 Å². The molecule has 2 saturated carbocycles. The molecule has 0 heterocycles. The highest BCUT2D eigenvalue weighted by atomic mass is 16.1. The van der Waals surface area contributed by atoms with Crippen LogP contribution in [0.15, 0.2) is 0 Å². The third-order valence-electron chi connectivity index (χ3n) is 4.20. The highest BCUT2D eigenvalue weighted by Crippen LogP contribution is 2.61. The van der Waals surface area contributed by atoms with Crippen LogP contribution >= 0.6 is 0 Å². The Morgan fingerprint density at radius 2 is 1.54 bits per heavy atom. The lowest BCUT2D eigenvalue weighted by molar-refractivity contribution is -0.120. The van der Waals surface area contributed by atoms with Crippen LogP contribution in [0.1, 0.15) is 46.0 Å². The Kier molecular flexibility index (Phi) is 1.67. The van der Waals surface area contributed by atoms with Crippen molar-refractivity contribution >= 4 is 11.6 Å². The minimum Gasteiger partial charge on any atom is -0.300 e. The first kappa shape index (κ1) is 8.92. The second kappa shape index (κ2) is 2.43. The Hall–Kier alpha value is -0.660. The minimum absolute atomic E-state index is 0.00405.